The van der Waals surface area contributed by atoms with Crippen molar-refractivity contribution in [3.8, 4) is 0 Å². The van der Waals surface area contributed by atoms with Crippen LogP contribution in [0.1, 0.15) is 40.1 Å². The number of carbonyl (C=O) groups is 2. The Balaban J connectivity index is 2.09. The van der Waals surface area contributed by atoms with Gasteiger partial charge in [0, 0.05) is 11.6 Å². The SMILES string of the molecule is CCc1ccc(C(=O)Nc2sccc2C(=O)NC(C)CO)cc1. The number of aliphatic hydroxyl groups is 1. The zero-order valence-electron chi connectivity index (χ0n) is 13.1. The standard InChI is InChI=1S/C17H20N2O3S/c1-3-12-4-6-13(7-5-12)15(21)19-17-14(8-9-23-17)16(22)18-11(2)10-20/h4-9,11,20H,3,10H2,1-2H3,(H,18,22)(H,19,21). The number of benzene rings is 1. The van der Waals surface area contributed by atoms with E-state index < -0.39 is 0 Å². The van der Waals surface area contributed by atoms with Crippen LogP contribution in [0.25, 0.3) is 0 Å². The summed E-state index contributed by atoms with van der Waals surface area (Å²) >= 11 is 1.29. The molecule has 2 amide bonds. The number of anilines is 1. The Morgan fingerprint density at radius 1 is 1.17 bits per heavy atom. The second-order valence-corrected chi connectivity index (χ2v) is 6.14. The molecule has 3 N–H and O–H groups in total. The first kappa shape index (κ1) is 17.2. The van der Waals surface area contributed by atoms with Gasteiger partial charge in [-0.2, -0.15) is 0 Å². The molecule has 0 radical (unpaired) electrons. The van der Waals surface area contributed by atoms with Crippen LogP contribution in [0.3, 0.4) is 0 Å². The van der Waals surface area contributed by atoms with Gasteiger partial charge in [0.2, 0.25) is 0 Å². The van der Waals surface area contributed by atoms with Crippen LogP contribution >= 0.6 is 11.3 Å². The van der Waals surface area contributed by atoms with Crippen LogP contribution in [0.2, 0.25) is 0 Å². The van der Waals surface area contributed by atoms with E-state index >= 15 is 0 Å². The van der Waals surface area contributed by atoms with Crippen LogP contribution in [0.15, 0.2) is 35.7 Å². The van der Waals surface area contributed by atoms with Gasteiger partial charge >= 0.3 is 0 Å². The van der Waals surface area contributed by atoms with E-state index in [9.17, 15) is 9.59 Å². The molecule has 1 atom stereocenters. The predicted molar refractivity (Wildman–Crippen MR) is 92.1 cm³/mol. The molecule has 1 heterocycles. The molecule has 1 unspecified atom stereocenters. The van der Waals surface area contributed by atoms with Crippen LogP contribution < -0.4 is 10.6 Å². The highest BCUT2D eigenvalue weighted by Crippen LogP contribution is 2.24. The Labute approximate surface area is 139 Å². The van der Waals surface area contributed by atoms with Crippen molar-refractivity contribution in [2.24, 2.45) is 0 Å². The topological polar surface area (TPSA) is 78.4 Å². The monoisotopic (exact) mass is 332 g/mol. The van der Waals surface area contributed by atoms with E-state index in [1.165, 1.54) is 11.3 Å². The minimum atomic E-state index is -0.340. The van der Waals surface area contributed by atoms with Crippen molar-refractivity contribution in [1.29, 1.82) is 0 Å². The first-order chi connectivity index (χ1) is 11.0. The molecule has 0 aliphatic rings. The zero-order chi connectivity index (χ0) is 16.8. The highest BCUT2D eigenvalue weighted by molar-refractivity contribution is 7.14. The lowest BCUT2D eigenvalue weighted by Gasteiger charge is -2.11. The number of thiophene rings is 1. The third-order valence-corrected chi connectivity index (χ3v) is 4.24. The van der Waals surface area contributed by atoms with Crippen molar-refractivity contribution in [3.05, 3.63) is 52.4 Å². The molecule has 0 aliphatic heterocycles. The highest BCUT2D eigenvalue weighted by atomic mass is 32.1. The Bertz CT molecular complexity index is 679. The number of rotatable bonds is 6. The molecule has 2 aromatic rings. The number of amides is 2. The molecule has 6 heteroatoms. The van der Waals surface area contributed by atoms with Gasteiger partial charge in [-0.3, -0.25) is 9.59 Å². The van der Waals surface area contributed by atoms with E-state index in [2.05, 4.69) is 17.6 Å². The average molecular weight is 332 g/mol. The van der Waals surface area contributed by atoms with Crippen molar-refractivity contribution in [2.75, 3.05) is 11.9 Å². The molecule has 0 saturated heterocycles. The number of carbonyl (C=O) groups excluding carboxylic acids is 2. The van der Waals surface area contributed by atoms with Crippen LogP contribution in [-0.2, 0) is 6.42 Å². The van der Waals surface area contributed by atoms with Crippen LogP contribution in [0.5, 0.6) is 0 Å². The third kappa shape index (κ3) is 4.40. The maximum atomic E-state index is 12.3. The molecule has 0 saturated carbocycles. The summed E-state index contributed by atoms with van der Waals surface area (Å²) in [7, 11) is 0. The zero-order valence-corrected chi connectivity index (χ0v) is 13.9. The molecule has 0 spiro atoms. The molecule has 0 bridgehead atoms. The summed E-state index contributed by atoms with van der Waals surface area (Å²) in [5, 5.41) is 16.7. The van der Waals surface area contributed by atoms with Gasteiger partial charge in [0.25, 0.3) is 11.8 Å². The number of aryl methyl sites for hydroxylation is 1. The van der Waals surface area contributed by atoms with E-state index in [1.54, 1.807) is 30.5 Å². The van der Waals surface area contributed by atoms with Crippen molar-refractivity contribution in [2.45, 2.75) is 26.3 Å². The van der Waals surface area contributed by atoms with Gasteiger partial charge in [0.1, 0.15) is 5.00 Å². The summed E-state index contributed by atoms with van der Waals surface area (Å²) in [6.45, 7) is 3.62. The highest BCUT2D eigenvalue weighted by Gasteiger charge is 2.17. The average Bonchev–Trinajstić information content (AvgIpc) is 3.02. The summed E-state index contributed by atoms with van der Waals surface area (Å²) in [5.41, 5.74) is 2.11. The predicted octanol–water partition coefficient (Wildman–Crippen LogP) is 2.67. The molecule has 122 valence electrons. The number of nitrogens with one attached hydrogen (secondary N) is 2. The normalized spacial score (nSPS) is 11.8. The van der Waals surface area contributed by atoms with Gasteiger partial charge < -0.3 is 15.7 Å². The lowest BCUT2D eigenvalue weighted by molar-refractivity contribution is 0.0923. The fraction of sp³-hybridized carbons (Fsp3) is 0.294. The third-order valence-electron chi connectivity index (χ3n) is 3.41. The van der Waals surface area contributed by atoms with Crippen molar-refractivity contribution < 1.29 is 14.7 Å². The van der Waals surface area contributed by atoms with E-state index in [0.717, 1.165) is 12.0 Å². The summed E-state index contributed by atoms with van der Waals surface area (Å²) in [5.74, 6) is -0.566. The van der Waals surface area contributed by atoms with Crippen molar-refractivity contribution >= 4 is 28.2 Å². The van der Waals surface area contributed by atoms with Gasteiger partial charge in [0.05, 0.1) is 12.2 Å². The minimum absolute atomic E-state index is 0.138. The molecule has 0 aliphatic carbocycles. The van der Waals surface area contributed by atoms with Gasteiger partial charge in [0.15, 0.2) is 0 Å². The fourth-order valence-electron chi connectivity index (χ4n) is 2.00. The maximum Gasteiger partial charge on any atom is 0.256 e. The smallest absolute Gasteiger partial charge is 0.256 e. The summed E-state index contributed by atoms with van der Waals surface area (Å²) < 4.78 is 0. The van der Waals surface area contributed by atoms with Crippen molar-refractivity contribution in [1.82, 2.24) is 5.32 Å². The molecular formula is C17H20N2O3S. The lowest BCUT2D eigenvalue weighted by Crippen LogP contribution is -2.35. The molecular weight excluding hydrogens is 312 g/mol. The van der Waals surface area contributed by atoms with E-state index in [1.807, 2.05) is 12.1 Å². The van der Waals surface area contributed by atoms with Crippen molar-refractivity contribution in [3.63, 3.8) is 0 Å². The first-order valence-corrected chi connectivity index (χ1v) is 8.32. The maximum absolute atomic E-state index is 12.3. The summed E-state index contributed by atoms with van der Waals surface area (Å²) in [6.07, 6.45) is 0.917. The quantitative estimate of drug-likeness (QED) is 0.761. The molecule has 23 heavy (non-hydrogen) atoms. The molecule has 1 aromatic heterocycles. The lowest BCUT2D eigenvalue weighted by atomic mass is 10.1. The molecule has 0 fully saturated rings. The van der Waals surface area contributed by atoms with E-state index in [-0.39, 0.29) is 24.5 Å². The van der Waals surface area contributed by atoms with Gasteiger partial charge in [-0.1, -0.05) is 19.1 Å². The second-order valence-electron chi connectivity index (χ2n) is 5.23. The first-order valence-electron chi connectivity index (χ1n) is 7.44. The Hall–Kier alpha value is -2.18. The Kier molecular flexibility index (Phi) is 5.90. The van der Waals surface area contributed by atoms with Crippen LogP contribution in [-0.4, -0.2) is 29.6 Å². The number of aliphatic hydroxyl groups excluding tert-OH is 1. The Morgan fingerprint density at radius 2 is 1.87 bits per heavy atom. The molecule has 5 nitrogen and oxygen atoms in total. The minimum Gasteiger partial charge on any atom is -0.394 e. The van der Waals surface area contributed by atoms with Gasteiger partial charge in [-0.15, -0.1) is 11.3 Å². The van der Waals surface area contributed by atoms with Crippen LogP contribution in [0, 0.1) is 0 Å². The second kappa shape index (κ2) is 7.89. The number of hydrogen-bond acceptors (Lipinski definition) is 4. The molecule has 1 aromatic carbocycles. The largest absolute Gasteiger partial charge is 0.394 e. The Morgan fingerprint density at radius 3 is 2.48 bits per heavy atom. The van der Waals surface area contributed by atoms with Crippen LogP contribution in [0.4, 0.5) is 5.00 Å². The summed E-state index contributed by atoms with van der Waals surface area (Å²) in [4.78, 5) is 24.4. The van der Waals surface area contributed by atoms with E-state index in [4.69, 9.17) is 5.11 Å². The number of hydrogen-bond donors (Lipinski definition) is 3. The fourth-order valence-corrected chi connectivity index (χ4v) is 2.78. The van der Waals surface area contributed by atoms with E-state index in [0.29, 0.717) is 16.1 Å². The van der Waals surface area contributed by atoms with Gasteiger partial charge in [-0.25, -0.2) is 0 Å². The molecule has 2 rings (SSSR count). The van der Waals surface area contributed by atoms with Gasteiger partial charge in [-0.05, 0) is 42.5 Å². The summed E-state index contributed by atoms with van der Waals surface area (Å²) in [6, 6.07) is 8.69.